The SMILES string of the molecule is Cn1cc(CCNC(=O)c2ccoc2Cl)cn1. The zero-order valence-electron chi connectivity index (χ0n) is 9.31. The highest BCUT2D eigenvalue weighted by molar-refractivity contribution is 6.32. The molecule has 0 saturated carbocycles. The second-order valence-corrected chi connectivity index (χ2v) is 3.98. The molecule has 0 aliphatic heterocycles. The van der Waals surface area contributed by atoms with Crippen molar-refractivity contribution in [1.82, 2.24) is 15.1 Å². The van der Waals surface area contributed by atoms with Gasteiger partial charge in [0.1, 0.15) is 0 Å². The smallest absolute Gasteiger partial charge is 0.256 e. The van der Waals surface area contributed by atoms with E-state index in [0.717, 1.165) is 12.0 Å². The average Bonchev–Trinajstić information content (AvgIpc) is 2.87. The zero-order chi connectivity index (χ0) is 12.3. The first-order valence-corrected chi connectivity index (χ1v) is 5.53. The van der Waals surface area contributed by atoms with Gasteiger partial charge in [0.15, 0.2) is 0 Å². The number of rotatable bonds is 4. The van der Waals surface area contributed by atoms with Gasteiger partial charge in [-0.3, -0.25) is 9.48 Å². The van der Waals surface area contributed by atoms with E-state index >= 15 is 0 Å². The van der Waals surface area contributed by atoms with Crippen LogP contribution in [0, 0.1) is 0 Å². The van der Waals surface area contributed by atoms with Crippen LogP contribution in [0.1, 0.15) is 15.9 Å². The van der Waals surface area contributed by atoms with Gasteiger partial charge in [0.05, 0.1) is 18.0 Å². The molecule has 90 valence electrons. The third-order valence-corrected chi connectivity index (χ3v) is 2.61. The van der Waals surface area contributed by atoms with Gasteiger partial charge in [-0.1, -0.05) is 0 Å². The third-order valence-electron chi connectivity index (χ3n) is 2.32. The van der Waals surface area contributed by atoms with Crippen LogP contribution in [-0.4, -0.2) is 22.2 Å². The maximum absolute atomic E-state index is 11.6. The van der Waals surface area contributed by atoms with Crippen molar-refractivity contribution in [2.75, 3.05) is 6.54 Å². The monoisotopic (exact) mass is 253 g/mol. The molecule has 0 unspecified atom stereocenters. The number of hydrogen-bond acceptors (Lipinski definition) is 3. The zero-order valence-corrected chi connectivity index (χ0v) is 10.1. The summed E-state index contributed by atoms with van der Waals surface area (Å²) < 4.78 is 6.57. The Morgan fingerprint density at radius 2 is 2.47 bits per heavy atom. The molecule has 0 atom stereocenters. The van der Waals surface area contributed by atoms with Gasteiger partial charge in [-0.25, -0.2) is 0 Å². The molecule has 0 aliphatic rings. The molecule has 5 nitrogen and oxygen atoms in total. The highest BCUT2D eigenvalue weighted by atomic mass is 35.5. The highest BCUT2D eigenvalue weighted by Crippen LogP contribution is 2.15. The number of aryl methyl sites for hydroxylation is 1. The number of amides is 1. The Bertz CT molecular complexity index is 518. The molecular weight excluding hydrogens is 242 g/mol. The summed E-state index contributed by atoms with van der Waals surface area (Å²) in [5.41, 5.74) is 1.43. The molecule has 0 fully saturated rings. The first-order valence-electron chi connectivity index (χ1n) is 5.15. The predicted octanol–water partition coefficient (Wildman–Crippen LogP) is 1.64. The Balaban J connectivity index is 1.83. The molecule has 17 heavy (non-hydrogen) atoms. The van der Waals surface area contributed by atoms with Gasteiger partial charge in [-0.05, 0) is 29.7 Å². The lowest BCUT2D eigenvalue weighted by Crippen LogP contribution is -2.25. The molecule has 1 amide bonds. The summed E-state index contributed by atoms with van der Waals surface area (Å²) in [5.74, 6) is -0.229. The summed E-state index contributed by atoms with van der Waals surface area (Å²) in [6, 6.07) is 1.54. The van der Waals surface area contributed by atoms with Crippen LogP contribution in [0.3, 0.4) is 0 Å². The van der Waals surface area contributed by atoms with Crippen LogP contribution in [0.4, 0.5) is 0 Å². The van der Waals surface area contributed by atoms with Gasteiger partial charge in [-0.15, -0.1) is 0 Å². The molecule has 0 saturated heterocycles. The summed E-state index contributed by atoms with van der Waals surface area (Å²) in [6.07, 6.45) is 5.81. The molecule has 0 spiro atoms. The summed E-state index contributed by atoms with van der Waals surface area (Å²) >= 11 is 5.69. The van der Waals surface area contributed by atoms with Crippen LogP contribution in [-0.2, 0) is 13.5 Å². The fourth-order valence-corrected chi connectivity index (χ4v) is 1.67. The number of nitrogens with zero attached hydrogens (tertiary/aromatic N) is 2. The van der Waals surface area contributed by atoms with Gasteiger partial charge < -0.3 is 9.73 Å². The molecule has 0 aromatic carbocycles. The molecule has 0 radical (unpaired) electrons. The van der Waals surface area contributed by atoms with Crippen LogP contribution in [0.15, 0.2) is 29.1 Å². The number of furan rings is 1. The molecule has 2 heterocycles. The van der Waals surface area contributed by atoms with E-state index in [9.17, 15) is 4.79 Å². The fourth-order valence-electron chi connectivity index (χ4n) is 1.47. The Kier molecular flexibility index (Phi) is 3.49. The maximum atomic E-state index is 11.6. The normalized spacial score (nSPS) is 10.5. The summed E-state index contributed by atoms with van der Waals surface area (Å²) in [4.78, 5) is 11.6. The number of halogens is 1. The van der Waals surface area contributed by atoms with E-state index in [1.165, 1.54) is 6.26 Å². The van der Waals surface area contributed by atoms with Crippen LogP contribution >= 0.6 is 11.6 Å². The van der Waals surface area contributed by atoms with Crippen molar-refractivity contribution < 1.29 is 9.21 Å². The topological polar surface area (TPSA) is 60.1 Å². The highest BCUT2D eigenvalue weighted by Gasteiger charge is 2.11. The first kappa shape index (κ1) is 11.7. The quantitative estimate of drug-likeness (QED) is 0.901. The van der Waals surface area contributed by atoms with Crippen molar-refractivity contribution in [2.45, 2.75) is 6.42 Å². The van der Waals surface area contributed by atoms with E-state index in [1.54, 1.807) is 16.9 Å². The molecule has 1 N–H and O–H groups in total. The minimum atomic E-state index is -0.229. The van der Waals surface area contributed by atoms with Gasteiger partial charge in [0.2, 0.25) is 5.22 Å². The van der Waals surface area contributed by atoms with Gasteiger partial charge in [0, 0.05) is 19.8 Å². The third kappa shape index (κ3) is 2.88. The molecule has 6 heteroatoms. The summed E-state index contributed by atoms with van der Waals surface area (Å²) in [7, 11) is 1.85. The lowest BCUT2D eigenvalue weighted by atomic mass is 10.2. The van der Waals surface area contributed by atoms with Crippen LogP contribution in [0.25, 0.3) is 0 Å². The van der Waals surface area contributed by atoms with Crippen LogP contribution in [0.2, 0.25) is 5.22 Å². The predicted molar refractivity (Wildman–Crippen MR) is 63.0 cm³/mol. The lowest BCUT2D eigenvalue weighted by molar-refractivity contribution is 0.0953. The van der Waals surface area contributed by atoms with E-state index < -0.39 is 0 Å². The molecule has 2 aromatic heterocycles. The average molecular weight is 254 g/mol. The first-order chi connectivity index (χ1) is 8.16. The molecular formula is C11H12ClN3O2. The van der Waals surface area contributed by atoms with Gasteiger partial charge in [0.25, 0.3) is 5.91 Å². The van der Waals surface area contributed by atoms with Gasteiger partial charge in [-0.2, -0.15) is 5.10 Å². The summed E-state index contributed by atoms with van der Waals surface area (Å²) in [6.45, 7) is 0.534. The second kappa shape index (κ2) is 5.05. The van der Waals surface area contributed by atoms with Crippen LogP contribution < -0.4 is 5.32 Å². The summed E-state index contributed by atoms with van der Waals surface area (Å²) in [5, 5.41) is 6.92. The van der Waals surface area contributed by atoms with E-state index in [4.69, 9.17) is 16.0 Å². The number of aromatic nitrogens is 2. The molecule has 2 aromatic rings. The Hall–Kier alpha value is -1.75. The Morgan fingerprint density at radius 1 is 1.65 bits per heavy atom. The van der Waals surface area contributed by atoms with Crippen molar-refractivity contribution in [3.63, 3.8) is 0 Å². The molecule has 0 bridgehead atoms. The van der Waals surface area contributed by atoms with E-state index in [2.05, 4.69) is 10.4 Å². The Labute approximate surface area is 103 Å². The van der Waals surface area contributed by atoms with E-state index in [1.807, 2.05) is 13.2 Å². The maximum Gasteiger partial charge on any atom is 0.256 e. The van der Waals surface area contributed by atoms with Crippen molar-refractivity contribution >= 4 is 17.5 Å². The fraction of sp³-hybridized carbons (Fsp3) is 0.273. The van der Waals surface area contributed by atoms with Crippen molar-refractivity contribution in [3.8, 4) is 0 Å². The minimum absolute atomic E-state index is 0.115. The minimum Gasteiger partial charge on any atom is -0.452 e. The second-order valence-electron chi connectivity index (χ2n) is 3.64. The number of carbonyl (C=O) groups excluding carboxylic acids is 1. The van der Waals surface area contributed by atoms with Gasteiger partial charge >= 0.3 is 0 Å². The molecule has 0 aliphatic carbocycles. The number of hydrogen-bond donors (Lipinski definition) is 1. The standard InChI is InChI=1S/C11H12ClN3O2/c1-15-7-8(6-14-15)2-4-13-11(16)9-3-5-17-10(9)12/h3,5-7H,2,4H2,1H3,(H,13,16). The Morgan fingerprint density at radius 3 is 3.06 bits per heavy atom. The van der Waals surface area contributed by atoms with E-state index in [-0.39, 0.29) is 11.1 Å². The largest absolute Gasteiger partial charge is 0.452 e. The number of carbonyl (C=O) groups is 1. The molecule has 2 rings (SSSR count). The van der Waals surface area contributed by atoms with E-state index in [0.29, 0.717) is 12.1 Å². The van der Waals surface area contributed by atoms with Crippen molar-refractivity contribution in [1.29, 1.82) is 0 Å². The van der Waals surface area contributed by atoms with Crippen LogP contribution in [0.5, 0.6) is 0 Å². The lowest BCUT2D eigenvalue weighted by Gasteiger charge is -2.02. The van der Waals surface area contributed by atoms with Crippen molar-refractivity contribution in [2.24, 2.45) is 7.05 Å². The number of nitrogens with one attached hydrogen (secondary N) is 1. The van der Waals surface area contributed by atoms with Crippen molar-refractivity contribution in [3.05, 3.63) is 41.1 Å².